The van der Waals surface area contributed by atoms with Crippen LogP contribution in [0.3, 0.4) is 0 Å². The standard InChI is InChI=1S/C32H26N4O.C32H24N4O.Pd/c2*1-23-18-24(2)36(34-23)30-11-7-13-32(20-30)37-31-12-6-10-29(19-31)35-22-28(21-33-35)27-16-14-26(15-17-27)25-8-4-3-5-9-25;/h3-22H,1-2H3;3-18,21-22H,1-2H3;/q;-2;+2. The maximum absolute atomic E-state index is 6.21. The SMILES string of the molecule is Cc1cc(C)n(-c2[c-]c(Oc3[c-]c(-n4cc(-c5ccc(-c6ccccc6)cc5)cn4)ccc3)ccc2)n1.Cc1cc(C)n(-c2cccc(Oc3cccc(-n4cc(-c5ccc(-c6ccccc6)cc5)cn4)c3)c2)n1.[Pd+2]. The van der Waals surface area contributed by atoms with Gasteiger partial charge in [0.1, 0.15) is 11.5 Å². The van der Waals surface area contributed by atoms with Crippen LogP contribution in [0.1, 0.15) is 22.8 Å². The molecule has 0 atom stereocenters. The largest absolute Gasteiger partial charge is 2.00 e. The number of aromatic nitrogens is 8. The first-order valence-electron chi connectivity index (χ1n) is 24.3. The van der Waals surface area contributed by atoms with Crippen LogP contribution in [-0.4, -0.2) is 39.1 Å². The van der Waals surface area contributed by atoms with Crippen molar-refractivity contribution in [3.63, 3.8) is 0 Å². The van der Waals surface area contributed by atoms with Crippen LogP contribution >= 0.6 is 0 Å². The van der Waals surface area contributed by atoms with Gasteiger partial charge in [0.05, 0.1) is 35.2 Å². The first kappa shape index (κ1) is 49.4. The van der Waals surface area contributed by atoms with Gasteiger partial charge >= 0.3 is 20.4 Å². The molecule has 11 heteroatoms. The molecular formula is C64H50N8O2Pd. The van der Waals surface area contributed by atoms with Crippen LogP contribution in [0.15, 0.2) is 231 Å². The van der Waals surface area contributed by atoms with E-state index in [0.717, 1.165) is 79.3 Å². The average molecular weight is 1070 g/mol. The fourth-order valence-corrected chi connectivity index (χ4v) is 8.82. The van der Waals surface area contributed by atoms with Crippen molar-refractivity contribution >= 4 is 0 Å². The monoisotopic (exact) mass is 1070 g/mol. The van der Waals surface area contributed by atoms with Gasteiger partial charge in [-0.2, -0.15) is 32.5 Å². The second-order valence-electron chi connectivity index (χ2n) is 17.9. The van der Waals surface area contributed by atoms with Gasteiger partial charge in [0.2, 0.25) is 0 Å². The predicted octanol–water partition coefficient (Wildman–Crippen LogP) is 15.2. The normalized spacial score (nSPS) is 10.8. The minimum Gasteiger partial charge on any atom is -0.509 e. The van der Waals surface area contributed by atoms with Crippen LogP contribution in [0.5, 0.6) is 23.0 Å². The Bertz CT molecular complexity index is 3590. The second-order valence-corrected chi connectivity index (χ2v) is 17.9. The van der Waals surface area contributed by atoms with Gasteiger partial charge in [0.25, 0.3) is 0 Å². The molecule has 0 aliphatic carbocycles. The van der Waals surface area contributed by atoms with E-state index in [1.54, 1.807) is 0 Å². The number of hydrogen-bond donors (Lipinski definition) is 0. The third-order valence-corrected chi connectivity index (χ3v) is 12.4. The molecule has 12 rings (SSSR count). The van der Waals surface area contributed by atoms with Crippen molar-refractivity contribution in [3.05, 3.63) is 266 Å². The van der Waals surface area contributed by atoms with Gasteiger partial charge in [-0.05, 0) is 109 Å². The van der Waals surface area contributed by atoms with Gasteiger partial charge in [-0.15, -0.1) is 36.4 Å². The number of ether oxygens (including phenoxy) is 2. The zero-order valence-corrected chi connectivity index (χ0v) is 43.2. The van der Waals surface area contributed by atoms with Crippen molar-refractivity contribution < 1.29 is 29.9 Å². The molecule has 8 aromatic carbocycles. The molecule has 0 aliphatic heterocycles. The summed E-state index contributed by atoms with van der Waals surface area (Å²) in [6.45, 7) is 8.04. The summed E-state index contributed by atoms with van der Waals surface area (Å²) in [7, 11) is 0. The van der Waals surface area contributed by atoms with Gasteiger partial charge < -0.3 is 9.47 Å². The summed E-state index contributed by atoms with van der Waals surface area (Å²) < 4.78 is 19.8. The summed E-state index contributed by atoms with van der Waals surface area (Å²) in [6, 6.07) is 76.0. The molecule has 0 fully saturated rings. The summed E-state index contributed by atoms with van der Waals surface area (Å²) in [5, 5.41) is 18.3. The predicted molar refractivity (Wildman–Crippen MR) is 293 cm³/mol. The van der Waals surface area contributed by atoms with E-state index in [-0.39, 0.29) is 20.4 Å². The van der Waals surface area contributed by atoms with Crippen LogP contribution in [0, 0.1) is 39.8 Å². The van der Waals surface area contributed by atoms with Gasteiger partial charge in [-0.3, -0.25) is 9.36 Å². The van der Waals surface area contributed by atoms with Crippen molar-refractivity contribution in [3.8, 4) is 90.3 Å². The molecule has 0 spiro atoms. The minimum atomic E-state index is 0. The summed E-state index contributed by atoms with van der Waals surface area (Å²) >= 11 is 0. The maximum Gasteiger partial charge on any atom is 2.00 e. The Morgan fingerprint density at radius 1 is 0.360 bits per heavy atom. The van der Waals surface area contributed by atoms with E-state index in [4.69, 9.17) is 9.47 Å². The van der Waals surface area contributed by atoms with Crippen molar-refractivity contribution in [2.24, 2.45) is 0 Å². The average Bonchev–Trinajstić information content (AvgIpc) is 4.27. The molecule has 0 aliphatic rings. The molecule has 4 aromatic heterocycles. The molecule has 12 aromatic rings. The summed E-state index contributed by atoms with van der Waals surface area (Å²) in [6.07, 6.45) is 7.80. The van der Waals surface area contributed by atoms with Crippen LogP contribution < -0.4 is 9.47 Å². The molecule has 0 radical (unpaired) electrons. The van der Waals surface area contributed by atoms with Crippen LogP contribution in [0.2, 0.25) is 0 Å². The molecule has 0 saturated heterocycles. The van der Waals surface area contributed by atoms with Crippen LogP contribution in [0.4, 0.5) is 0 Å². The quantitative estimate of drug-likeness (QED) is 0.0894. The molecule has 0 saturated carbocycles. The topological polar surface area (TPSA) is 89.7 Å². The Morgan fingerprint density at radius 3 is 1.32 bits per heavy atom. The van der Waals surface area contributed by atoms with E-state index in [1.165, 1.54) is 22.3 Å². The van der Waals surface area contributed by atoms with Gasteiger partial charge in [-0.25, -0.2) is 9.36 Å². The Hall–Kier alpha value is -9.14. The molecule has 0 unspecified atom stereocenters. The van der Waals surface area contributed by atoms with E-state index in [2.05, 4.69) is 136 Å². The molecule has 368 valence electrons. The first-order valence-corrected chi connectivity index (χ1v) is 24.3. The molecule has 4 heterocycles. The number of hydrogen-bond acceptors (Lipinski definition) is 6. The van der Waals surface area contributed by atoms with Gasteiger partial charge in [0.15, 0.2) is 0 Å². The molecule has 75 heavy (non-hydrogen) atoms. The van der Waals surface area contributed by atoms with Crippen molar-refractivity contribution in [1.82, 2.24) is 39.1 Å². The summed E-state index contributed by atoms with van der Waals surface area (Å²) in [4.78, 5) is 0. The molecule has 0 bridgehead atoms. The molecule has 0 N–H and O–H groups in total. The van der Waals surface area contributed by atoms with Gasteiger partial charge in [-0.1, -0.05) is 121 Å². The van der Waals surface area contributed by atoms with Crippen molar-refractivity contribution in [2.45, 2.75) is 27.7 Å². The second kappa shape index (κ2) is 22.3. The Kier molecular flexibility index (Phi) is 14.7. The number of rotatable bonds is 12. The van der Waals surface area contributed by atoms with Crippen LogP contribution in [0.25, 0.3) is 67.3 Å². The molecule has 0 amide bonds. The Labute approximate surface area is 450 Å². The Balaban J connectivity index is 0.000000169. The van der Waals surface area contributed by atoms with E-state index >= 15 is 0 Å². The first-order chi connectivity index (χ1) is 36.2. The van der Waals surface area contributed by atoms with E-state index in [1.807, 2.05) is 174 Å². The number of benzene rings is 8. The van der Waals surface area contributed by atoms with Crippen molar-refractivity contribution in [2.75, 3.05) is 0 Å². The number of aryl methyl sites for hydroxylation is 4. The van der Waals surface area contributed by atoms with Crippen molar-refractivity contribution in [1.29, 1.82) is 0 Å². The summed E-state index contributed by atoms with van der Waals surface area (Å²) in [5.74, 6) is 2.68. The van der Waals surface area contributed by atoms with Gasteiger partial charge in [0, 0.05) is 58.5 Å². The zero-order chi connectivity index (χ0) is 50.4. The maximum atomic E-state index is 6.21. The zero-order valence-electron chi connectivity index (χ0n) is 41.6. The molecular weight excluding hydrogens is 1020 g/mol. The van der Waals surface area contributed by atoms with E-state index in [9.17, 15) is 0 Å². The summed E-state index contributed by atoms with van der Waals surface area (Å²) in [5.41, 5.74) is 16.7. The van der Waals surface area contributed by atoms with E-state index < -0.39 is 0 Å². The number of nitrogens with zero attached hydrogens (tertiary/aromatic N) is 8. The molecule has 10 nitrogen and oxygen atoms in total. The van der Waals surface area contributed by atoms with E-state index in [0.29, 0.717) is 11.5 Å². The van der Waals surface area contributed by atoms with Crippen LogP contribution in [-0.2, 0) is 20.4 Å². The third kappa shape index (κ3) is 11.6. The smallest absolute Gasteiger partial charge is 0.509 e. The fraction of sp³-hybridized carbons (Fsp3) is 0.0625. The third-order valence-electron chi connectivity index (χ3n) is 12.4. The Morgan fingerprint density at radius 2 is 0.787 bits per heavy atom. The minimum absolute atomic E-state index is 0. The fourth-order valence-electron chi connectivity index (χ4n) is 8.82.